The first-order chi connectivity index (χ1) is 16.1. The van der Waals surface area contributed by atoms with E-state index in [2.05, 4.69) is 9.98 Å². The standard InChI is InChI=1S/C21H15Cl6N3O4/c22-20(23,24)18-28-17(7-11-1-3-13-15(5-11)33-9-31-13)30(19(29-18)21(25,26)27)8-12-2-4-14-16(6-12)34-10-32-14/h1-6,19H,7-10H2. The lowest BCUT2D eigenvalue weighted by Crippen LogP contribution is -2.50. The zero-order valence-electron chi connectivity index (χ0n) is 17.1. The van der Waals surface area contributed by atoms with Crippen LogP contribution in [0, 0.1) is 0 Å². The molecule has 5 rings (SSSR count). The quantitative estimate of drug-likeness (QED) is 0.408. The summed E-state index contributed by atoms with van der Waals surface area (Å²) >= 11 is 37.4. The highest BCUT2D eigenvalue weighted by molar-refractivity contribution is 6.77. The van der Waals surface area contributed by atoms with E-state index >= 15 is 0 Å². The van der Waals surface area contributed by atoms with E-state index < -0.39 is 13.8 Å². The minimum absolute atomic E-state index is 0.0773. The van der Waals surface area contributed by atoms with E-state index in [-0.39, 0.29) is 26.0 Å². The van der Waals surface area contributed by atoms with Gasteiger partial charge < -0.3 is 23.8 Å². The van der Waals surface area contributed by atoms with Crippen LogP contribution in [0.1, 0.15) is 11.1 Å². The number of nitrogens with zero attached hydrogens (tertiary/aromatic N) is 3. The molecular weight excluding hydrogens is 571 g/mol. The van der Waals surface area contributed by atoms with E-state index in [9.17, 15) is 0 Å². The molecule has 180 valence electrons. The molecule has 1 unspecified atom stereocenters. The highest BCUT2D eigenvalue weighted by Crippen LogP contribution is 2.41. The number of hydrogen-bond acceptors (Lipinski definition) is 7. The highest BCUT2D eigenvalue weighted by atomic mass is 35.6. The van der Waals surface area contributed by atoms with Crippen LogP contribution < -0.4 is 18.9 Å². The van der Waals surface area contributed by atoms with E-state index in [1.807, 2.05) is 36.4 Å². The van der Waals surface area contributed by atoms with E-state index in [0.29, 0.717) is 35.3 Å². The fourth-order valence-corrected chi connectivity index (χ4v) is 4.49. The van der Waals surface area contributed by atoms with Gasteiger partial charge in [-0.25, -0.2) is 9.98 Å². The smallest absolute Gasteiger partial charge is 0.249 e. The Morgan fingerprint density at radius 3 is 1.94 bits per heavy atom. The Balaban J connectivity index is 1.53. The molecule has 3 aliphatic rings. The molecule has 3 aliphatic heterocycles. The van der Waals surface area contributed by atoms with Crippen LogP contribution in [0.15, 0.2) is 46.4 Å². The van der Waals surface area contributed by atoms with E-state index in [1.165, 1.54) is 0 Å². The van der Waals surface area contributed by atoms with Crippen molar-refractivity contribution in [3.05, 3.63) is 47.5 Å². The van der Waals surface area contributed by atoms with Crippen LogP contribution in [-0.2, 0) is 13.0 Å². The average Bonchev–Trinajstić information content (AvgIpc) is 3.41. The molecule has 0 N–H and O–H groups in total. The molecule has 34 heavy (non-hydrogen) atoms. The van der Waals surface area contributed by atoms with Crippen molar-refractivity contribution < 1.29 is 18.9 Å². The van der Waals surface area contributed by atoms with Gasteiger partial charge in [-0.3, -0.25) is 0 Å². The van der Waals surface area contributed by atoms with Crippen LogP contribution in [-0.4, -0.2) is 43.9 Å². The zero-order chi connectivity index (χ0) is 24.1. The molecule has 1 atom stereocenters. The van der Waals surface area contributed by atoms with Gasteiger partial charge in [-0.15, -0.1) is 0 Å². The zero-order valence-corrected chi connectivity index (χ0v) is 21.6. The Labute approximate surface area is 225 Å². The summed E-state index contributed by atoms with van der Waals surface area (Å²) in [6.07, 6.45) is -0.701. The second kappa shape index (κ2) is 9.19. The van der Waals surface area contributed by atoms with Gasteiger partial charge in [0, 0.05) is 13.0 Å². The van der Waals surface area contributed by atoms with Crippen LogP contribution >= 0.6 is 69.6 Å². The number of alkyl halides is 6. The van der Waals surface area contributed by atoms with Gasteiger partial charge in [-0.2, -0.15) is 0 Å². The van der Waals surface area contributed by atoms with Gasteiger partial charge in [0.25, 0.3) is 0 Å². The number of rotatable bonds is 4. The van der Waals surface area contributed by atoms with Gasteiger partial charge >= 0.3 is 0 Å². The first-order valence-corrected chi connectivity index (χ1v) is 12.2. The lowest BCUT2D eigenvalue weighted by molar-refractivity contribution is 0.173. The van der Waals surface area contributed by atoms with Gasteiger partial charge in [0.1, 0.15) is 5.84 Å². The molecule has 7 nitrogen and oxygen atoms in total. The minimum atomic E-state index is -1.92. The van der Waals surface area contributed by atoms with Crippen molar-refractivity contribution in [1.29, 1.82) is 0 Å². The maximum Gasteiger partial charge on any atom is 0.249 e. The average molecular weight is 586 g/mol. The molecule has 0 aliphatic carbocycles. The van der Waals surface area contributed by atoms with Crippen molar-refractivity contribution >= 4 is 81.3 Å². The number of halogens is 6. The summed E-state index contributed by atoms with van der Waals surface area (Å²) in [5, 5.41) is 0. The van der Waals surface area contributed by atoms with Crippen LogP contribution in [0.25, 0.3) is 0 Å². The van der Waals surface area contributed by atoms with Gasteiger partial charge in [0.2, 0.25) is 21.2 Å². The van der Waals surface area contributed by atoms with Crippen LogP contribution in [0.3, 0.4) is 0 Å². The predicted molar refractivity (Wildman–Crippen MR) is 134 cm³/mol. The third-order valence-electron chi connectivity index (χ3n) is 5.24. The minimum Gasteiger partial charge on any atom is -0.454 e. The largest absolute Gasteiger partial charge is 0.454 e. The van der Waals surface area contributed by atoms with Crippen molar-refractivity contribution in [3.8, 4) is 23.0 Å². The van der Waals surface area contributed by atoms with E-state index in [4.69, 9.17) is 88.6 Å². The Morgan fingerprint density at radius 1 is 0.794 bits per heavy atom. The topological polar surface area (TPSA) is 64.9 Å². The number of fused-ring (bicyclic) bond motifs is 2. The maximum atomic E-state index is 6.34. The maximum absolute atomic E-state index is 6.34. The number of benzene rings is 2. The summed E-state index contributed by atoms with van der Waals surface area (Å²) in [7, 11) is 0. The molecular formula is C21H15Cl6N3O4. The first-order valence-electron chi connectivity index (χ1n) is 9.91. The third-order valence-corrected chi connectivity index (χ3v) is 6.33. The Bertz CT molecular complexity index is 1180. The summed E-state index contributed by atoms with van der Waals surface area (Å²) in [6.45, 7) is 0.609. The Kier molecular flexibility index (Phi) is 6.55. The van der Waals surface area contributed by atoms with Crippen molar-refractivity contribution in [2.24, 2.45) is 9.98 Å². The molecule has 13 heteroatoms. The van der Waals surface area contributed by atoms with Crippen molar-refractivity contribution in [3.63, 3.8) is 0 Å². The molecule has 2 aromatic rings. The molecule has 0 saturated carbocycles. The Hall–Kier alpha value is -1.48. The molecule has 0 fully saturated rings. The van der Waals surface area contributed by atoms with Crippen LogP contribution in [0.5, 0.6) is 23.0 Å². The van der Waals surface area contributed by atoms with Crippen molar-refractivity contribution in [2.75, 3.05) is 13.6 Å². The number of amidine groups is 2. The van der Waals surface area contributed by atoms with Crippen molar-refractivity contribution in [2.45, 2.75) is 26.7 Å². The molecule has 0 aromatic heterocycles. The SMILES string of the molecule is ClC(Cl)(Cl)C1=NC(C(Cl)(Cl)Cl)N(Cc2ccc3c(c2)OCO3)C(Cc2ccc3c(c2)OCO3)=N1. The van der Waals surface area contributed by atoms with Gasteiger partial charge in [-0.1, -0.05) is 81.7 Å². The van der Waals surface area contributed by atoms with E-state index in [0.717, 1.165) is 11.1 Å². The molecule has 0 saturated heterocycles. The number of hydrogen-bond donors (Lipinski definition) is 0. The van der Waals surface area contributed by atoms with Crippen LogP contribution in [0.4, 0.5) is 0 Å². The second-order valence-electron chi connectivity index (χ2n) is 7.57. The normalized spacial score (nSPS) is 19.2. The van der Waals surface area contributed by atoms with E-state index in [1.54, 1.807) is 4.90 Å². The summed E-state index contributed by atoms with van der Waals surface area (Å²) in [4.78, 5) is 10.7. The highest BCUT2D eigenvalue weighted by Gasteiger charge is 2.44. The molecule has 0 radical (unpaired) electrons. The molecule has 2 aromatic carbocycles. The predicted octanol–water partition coefficient (Wildman–Crippen LogP) is 6.07. The summed E-state index contributed by atoms with van der Waals surface area (Å²) in [5.41, 5.74) is 1.72. The van der Waals surface area contributed by atoms with Crippen molar-refractivity contribution in [1.82, 2.24) is 4.90 Å². The number of ether oxygens (including phenoxy) is 4. The fraction of sp³-hybridized carbons (Fsp3) is 0.333. The molecule has 3 heterocycles. The first kappa shape index (κ1) is 24.2. The Morgan fingerprint density at radius 2 is 1.35 bits per heavy atom. The monoisotopic (exact) mass is 583 g/mol. The lowest BCUT2D eigenvalue weighted by atomic mass is 10.1. The van der Waals surface area contributed by atoms with Crippen LogP contribution in [0.2, 0.25) is 0 Å². The van der Waals surface area contributed by atoms with Gasteiger partial charge in [-0.05, 0) is 35.4 Å². The summed E-state index contributed by atoms with van der Waals surface area (Å²) < 4.78 is 18.0. The van der Waals surface area contributed by atoms with Gasteiger partial charge in [0.15, 0.2) is 35.0 Å². The number of aliphatic imine (C=N–C) groups is 2. The molecule has 0 amide bonds. The fourth-order valence-electron chi connectivity index (χ4n) is 3.72. The summed E-state index contributed by atoms with van der Waals surface area (Å²) in [5.74, 6) is 2.99. The molecule has 0 spiro atoms. The second-order valence-corrected chi connectivity index (χ2v) is 12.2. The van der Waals surface area contributed by atoms with Gasteiger partial charge in [0.05, 0.1) is 0 Å². The lowest BCUT2D eigenvalue weighted by Gasteiger charge is -2.39. The third kappa shape index (κ3) is 5.06. The molecule has 0 bridgehead atoms. The summed E-state index contributed by atoms with van der Waals surface area (Å²) in [6, 6.07) is 11.1.